The van der Waals surface area contributed by atoms with E-state index in [2.05, 4.69) is 20.3 Å². The van der Waals surface area contributed by atoms with Gasteiger partial charge in [-0.2, -0.15) is 0 Å². The second-order valence-corrected chi connectivity index (χ2v) is 4.43. The highest BCUT2D eigenvalue weighted by Gasteiger charge is 2.12. The number of fused-ring (bicyclic) bond motifs is 1. The van der Waals surface area contributed by atoms with Crippen LogP contribution in [0.5, 0.6) is 5.88 Å². The van der Waals surface area contributed by atoms with E-state index in [0.717, 1.165) is 17.4 Å². The Hall–Kier alpha value is -2.37. The molecule has 2 N–H and O–H groups in total. The topological polar surface area (TPSA) is 79.9 Å². The van der Waals surface area contributed by atoms with E-state index in [0.29, 0.717) is 11.5 Å². The van der Waals surface area contributed by atoms with Crippen LogP contribution in [0.3, 0.4) is 0 Å². The minimum atomic E-state index is -0.166. The molecule has 0 aromatic carbocycles. The highest BCUT2D eigenvalue weighted by Crippen LogP contribution is 2.27. The summed E-state index contributed by atoms with van der Waals surface area (Å²) >= 11 is 0. The fourth-order valence-corrected chi connectivity index (χ4v) is 1.70. The summed E-state index contributed by atoms with van der Waals surface area (Å²) < 4.78 is 5.80. The second kappa shape index (κ2) is 6.18. The number of amides is 1. The average molecular weight is 274 g/mol. The molecular weight excluding hydrogens is 256 g/mol. The lowest BCUT2D eigenvalue weighted by Gasteiger charge is -2.12. The van der Waals surface area contributed by atoms with Gasteiger partial charge in [-0.25, -0.2) is 9.97 Å². The highest BCUT2D eigenvalue weighted by atomic mass is 16.5. The molecule has 0 radical (unpaired) electrons. The normalized spacial score (nSPS) is 12.8. The third-order valence-electron chi connectivity index (χ3n) is 3.01. The van der Waals surface area contributed by atoms with Crippen LogP contribution < -0.4 is 10.1 Å². The molecule has 106 valence electrons. The van der Waals surface area contributed by atoms with E-state index >= 15 is 0 Å². The van der Waals surface area contributed by atoms with Gasteiger partial charge in [0.1, 0.15) is 12.0 Å². The van der Waals surface area contributed by atoms with E-state index in [9.17, 15) is 4.79 Å². The first-order valence-electron chi connectivity index (χ1n) is 6.54. The predicted molar refractivity (Wildman–Crippen MR) is 77.4 cm³/mol. The van der Waals surface area contributed by atoms with Gasteiger partial charge in [-0.1, -0.05) is 6.92 Å². The van der Waals surface area contributed by atoms with Gasteiger partial charge in [-0.3, -0.25) is 4.79 Å². The Bertz CT molecular complexity index is 633. The zero-order valence-corrected chi connectivity index (χ0v) is 11.8. The molecule has 20 heavy (non-hydrogen) atoms. The van der Waals surface area contributed by atoms with Gasteiger partial charge in [-0.05, 0) is 19.4 Å². The Labute approximate surface area is 117 Å². The van der Waals surface area contributed by atoms with Crippen LogP contribution >= 0.6 is 0 Å². The van der Waals surface area contributed by atoms with Crippen molar-refractivity contribution < 1.29 is 9.53 Å². The summed E-state index contributed by atoms with van der Waals surface area (Å²) in [6.45, 7) is 4.03. The van der Waals surface area contributed by atoms with E-state index < -0.39 is 0 Å². The molecule has 2 aromatic rings. The molecule has 2 rings (SSSR count). The van der Waals surface area contributed by atoms with Crippen molar-refractivity contribution in [1.29, 1.82) is 0 Å². The summed E-state index contributed by atoms with van der Waals surface area (Å²) in [5.74, 6) is 0.364. The zero-order chi connectivity index (χ0) is 14.5. The maximum atomic E-state index is 11.3. The van der Waals surface area contributed by atoms with Gasteiger partial charge in [0, 0.05) is 24.9 Å². The molecular formula is C14H18N4O2. The molecule has 0 saturated carbocycles. The summed E-state index contributed by atoms with van der Waals surface area (Å²) in [6, 6.07) is 0. The Balaban J connectivity index is 2.41. The molecule has 1 unspecified atom stereocenters. The average Bonchev–Trinajstić information content (AvgIpc) is 2.88. The molecule has 0 aliphatic rings. The first-order valence-corrected chi connectivity index (χ1v) is 6.54. The first-order chi connectivity index (χ1) is 9.65. The Kier molecular flexibility index (Phi) is 4.34. The summed E-state index contributed by atoms with van der Waals surface area (Å²) in [6.07, 6.45) is 7.37. The smallest absolute Gasteiger partial charge is 0.243 e. The molecule has 0 aliphatic carbocycles. The van der Waals surface area contributed by atoms with Crippen LogP contribution in [0.2, 0.25) is 0 Å². The lowest BCUT2D eigenvalue weighted by Crippen LogP contribution is -2.13. The van der Waals surface area contributed by atoms with Crippen molar-refractivity contribution >= 4 is 23.0 Å². The lowest BCUT2D eigenvalue weighted by molar-refractivity contribution is -0.115. The monoisotopic (exact) mass is 274 g/mol. The molecule has 1 atom stereocenters. The number of carbonyl (C=O) groups excluding carboxylic acids is 1. The summed E-state index contributed by atoms with van der Waals surface area (Å²) in [5, 5.41) is 3.32. The highest BCUT2D eigenvalue weighted by molar-refractivity contribution is 5.96. The molecule has 0 bridgehead atoms. The van der Waals surface area contributed by atoms with Crippen LogP contribution in [-0.2, 0) is 4.79 Å². The van der Waals surface area contributed by atoms with Crippen molar-refractivity contribution in [2.24, 2.45) is 0 Å². The maximum Gasteiger partial charge on any atom is 0.243 e. The van der Waals surface area contributed by atoms with Gasteiger partial charge in [0.2, 0.25) is 11.8 Å². The van der Waals surface area contributed by atoms with Crippen LogP contribution in [0.1, 0.15) is 25.8 Å². The lowest BCUT2D eigenvalue weighted by atomic mass is 10.2. The number of hydrogen-bond acceptors (Lipinski definition) is 4. The number of aromatic amines is 1. The van der Waals surface area contributed by atoms with E-state index in [1.165, 1.54) is 12.4 Å². The van der Waals surface area contributed by atoms with Crippen molar-refractivity contribution in [3.63, 3.8) is 0 Å². The molecule has 6 nitrogen and oxygen atoms in total. The second-order valence-electron chi connectivity index (χ2n) is 4.43. The number of ether oxygens (including phenoxy) is 1. The van der Waals surface area contributed by atoms with E-state index in [1.807, 2.05) is 13.8 Å². The van der Waals surface area contributed by atoms with Gasteiger partial charge >= 0.3 is 0 Å². The Morgan fingerprint density at radius 3 is 3.05 bits per heavy atom. The fourth-order valence-electron chi connectivity index (χ4n) is 1.70. The molecule has 0 fully saturated rings. The number of hydrogen-bond donors (Lipinski definition) is 2. The van der Waals surface area contributed by atoms with Crippen LogP contribution in [-0.4, -0.2) is 34.0 Å². The molecule has 2 aromatic heterocycles. The molecule has 0 spiro atoms. The SMILES string of the molecule is CCC(C)Oc1ncnc2[nH]cc(/C=C/C(=O)NC)c12. The summed E-state index contributed by atoms with van der Waals surface area (Å²) in [4.78, 5) is 22.7. The predicted octanol–water partition coefficient (Wildman–Crippen LogP) is 1.89. The van der Waals surface area contributed by atoms with Gasteiger partial charge in [0.15, 0.2) is 0 Å². The molecule has 2 heterocycles. The van der Waals surface area contributed by atoms with Crippen LogP contribution in [0.4, 0.5) is 0 Å². The molecule has 6 heteroatoms. The number of rotatable bonds is 5. The number of likely N-dealkylation sites (N-methyl/N-ethyl adjacent to an activating group) is 1. The third kappa shape index (κ3) is 2.96. The van der Waals surface area contributed by atoms with Crippen molar-refractivity contribution in [3.8, 4) is 5.88 Å². The summed E-state index contributed by atoms with van der Waals surface area (Å²) in [5.41, 5.74) is 1.51. The minimum Gasteiger partial charge on any atom is -0.474 e. The number of nitrogens with one attached hydrogen (secondary N) is 2. The maximum absolute atomic E-state index is 11.3. The fraction of sp³-hybridized carbons (Fsp3) is 0.357. The van der Waals surface area contributed by atoms with Crippen molar-refractivity contribution in [3.05, 3.63) is 24.2 Å². The number of aromatic nitrogens is 3. The molecule has 0 aliphatic heterocycles. The van der Waals surface area contributed by atoms with E-state index in [4.69, 9.17) is 4.74 Å². The van der Waals surface area contributed by atoms with Gasteiger partial charge in [0.25, 0.3) is 0 Å². The van der Waals surface area contributed by atoms with Gasteiger partial charge in [-0.15, -0.1) is 0 Å². The van der Waals surface area contributed by atoms with E-state index in [1.54, 1.807) is 19.3 Å². The molecule has 1 amide bonds. The van der Waals surface area contributed by atoms with Crippen molar-refractivity contribution in [1.82, 2.24) is 20.3 Å². The van der Waals surface area contributed by atoms with Crippen LogP contribution in [0, 0.1) is 0 Å². The van der Waals surface area contributed by atoms with Crippen LogP contribution in [0.15, 0.2) is 18.6 Å². The number of carbonyl (C=O) groups is 1. The quantitative estimate of drug-likeness (QED) is 0.816. The largest absolute Gasteiger partial charge is 0.474 e. The van der Waals surface area contributed by atoms with Gasteiger partial charge in [0.05, 0.1) is 11.5 Å². The molecule has 0 saturated heterocycles. The standard InChI is InChI=1S/C14H18N4O2/c1-4-9(2)20-14-12-10(5-6-11(19)15-3)7-16-13(12)17-8-18-14/h5-9H,4H2,1-3H3,(H,15,19)(H,16,17,18)/b6-5+. The van der Waals surface area contributed by atoms with Gasteiger partial charge < -0.3 is 15.0 Å². The number of H-pyrrole nitrogens is 1. The summed E-state index contributed by atoms with van der Waals surface area (Å²) in [7, 11) is 1.59. The minimum absolute atomic E-state index is 0.0683. The number of nitrogens with zero attached hydrogens (tertiary/aromatic N) is 2. The van der Waals surface area contributed by atoms with Crippen molar-refractivity contribution in [2.75, 3.05) is 7.05 Å². The zero-order valence-electron chi connectivity index (χ0n) is 11.8. The van der Waals surface area contributed by atoms with E-state index in [-0.39, 0.29) is 12.0 Å². The third-order valence-corrected chi connectivity index (χ3v) is 3.01. The van der Waals surface area contributed by atoms with Crippen molar-refractivity contribution in [2.45, 2.75) is 26.4 Å². The first kappa shape index (κ1) is 14.0. The van der Waals surface area contributed by atoms with Crippen LogP contribution in [0.25, 0.3) is 17.1 Å². The Morgan fingerprint density at radius 1 is 1.55 bits per heavy atom. The Morgan fingerprint density at radius 2 is 2.35 bits per heavy atom.